The number of benzene rings is 1. The van der Waals surface area contributed by atoms with Gasteiger partial charge in [0.2, 0.25) is 6.79 Å². The van der Waals surface area contributed by atoms with Gasteiger partial charge in [0.05, 0.1) is 5.41 Å². The summed E-state index contributed by atoms with van der Waals surface area (Å²) in [6.07, 6.45) is 15.0. The average Bonchev–Trinajstić information content (AvgIpc) is 2.78. The fraction of sp³-hybridized carbons (Fsp3) is 0.750. The summed E-state index contributed by atoms with van der Waals surface area (Å²) in [6.45, 7) is 1.19. The summed E-state index contributed by atoms with van der Waals surface area (Å²) >= 11 is 0. The van der Waals surface area contributed by atoms with E-state index in [1.54, 1.807) is 0 Å². The van der Waals surface area contributed by atoms with Crippen molar-refractivity contribution in [2.45, 2.75) is 88.5 Å². The molecule has 5 saturated carbocycles. The van der Waals surface area contributed by atoms with E-state index in [2.05, 4.69) is 23.5 Å². The highest BCUT2D eigenvalue weighted by Crippen LogP contribution is 2.60. The lowest BCUT2D eigenvalue weighted by molar-refractivity contribution is -0.177. The van der Waals surface area contributed by atoms with Gasteiger partial charge in [-0.05, 0) is 118 Å². The molecule has 8 rings (SSSR count). The zero-order valence-corrected chi connectivity index (χ0v) is 19.2. The molecule has 0 aromatic heterocycles. The summed E-state index contributed by atoms with van der Waals surface area (Å²) < 4.78 is 11.9. The molecule has 0 amide bonds. The minimum absolute atomic E-state index is 0.0155. The van der Waals surface area contributed by atoms with Crippen molar-refractivity contribution in [2.24, 2.45) is 29.1 Å². The van der Waals surface area contributed by atoms with Crippen LogP contribution in [0.15, 0.2) is 18.2 Å². The van der Waals surface area contributed by atoms with Crippen molar-refractivity contribution < 1.29 is 14.3 Å². The second kappa shape index (κ2) is 7.22. The first-order valence-electron chi connectivity index (χ1n) is 13.3. The van der Waals surface area contributed by atoms with Gasteiger partial charge in [-0.15, -0.1) is 0 Å². The Hall–Kier alpha value is -1.55. The van der Waals surface area contributed by atoms with E-state index < -0.39 is 0 Å². The Bertz CT molecular complexity index is 886. The Labute approximate surface area is 191 Å². The van der Waals surface area contributed by atoms with Crippen LogP contribution in [0.1, 0.15) is 81.8 Å². The number of carbonyl (C=O) groups is 1. The Kier molecular flexibility index (Phi) is 4.49. The fourth-order valence-electron chi connectivity index (χ4n) is 9.66. The van der Waals surface area contributed by atoms with E-state index in [1.165, 1.54) is 62.5 Å². The lowest BCUT2D eigenvalue weighted by Crippen LogP contribution is -2.59. The number of carbonyl (C=O) groups excluding carboxylic acids is 1. The van der Waals surface area contributed by atoms with Gasteiger partial charge in [-0.1, -0.05) is 18.9 Å². The van der Waals surface area contributed by atoms with E-state index in [0.29, 0.717) is 11.5 Å². The van der Waals surface area contributed by atoms with E-state index in [9.17, 15) is 4.79 Å². The van der Waals surface area contributed by atoms with Gasteiger partial charge >= 0.3 is 5.97 Å². The second-order valence-corrected chi connectivity index (χ2v) is 12.2. The fourth-order valence-corrected chi connectivity index (χ4v) is 9.66. The minimum atomic E-state index is -0.202. The third kappa shape index (κ3) is 2.94. The van der Waals surface area contributed by atoms with Crippen molar-refractivity contribution in [3.05, 3.63) is 29.3 Å². The van der Waals surface area contributed by atoms with Crippen LogP contribution in [0.4, 0.5) is 0 Å². The SMILES string of the molecule is O=C(OCOc1ccc2c(c1)[C@@]13CCCC[C@@H]1[C@H](C2)NCC3)C12CC3CC(CC(C3)C1)C2. The van der Waals surface area contributed by atoms with Crippen LogP contribution in [-0.2, 0) is 21.4 Å². The van der Waals surface area contributed by atoms with Gasteiger partial charge in [0.25, 0.3) is 0 Å². The molecule has 6 aliphatic carbocycles. The van der Waals surface area contributed by atoms with Gasteiger partial charge < -0.3 is 14.8 Å². The van der Waals surface area contributed by atoms with Crippen LogP contribution in [0.25, 0.3) is 0 Å². The largest absolute Gasteiger partial charge is 0.457 e. The highest BCUT2D eigenvalue weighted by atomic mass is 16.7. The molecule has 1 aliphatic heterocycles. The maximum atomic E-state index is 13.1. The average molecular weight is 436 g/mol. The van der Waals surface area contributed by atoms with Crippen molar-refractivity contribution in [1.29, 1.82) is 0 Å². The number of ether oxygens (including phenoxy) is 2. The third-order valence-electron chi connectivity index (χ3n) is 10.5. The van der Waals surface area contributed by atoms with Gasteiger partial charge in [-0.3, -0.25) is 4.79 Å². The van der Waals surface area contributed by atoms with Crippen LogP contribution in [0.2, 0.25) is 0 Å². The number of fused-ring (bicyclic) bond motifs is 1. The Morgan fingerprint density at radius 3 is 2.59 bits per heavy atom. The molecule has 7 aliphatic rings. The topological polar surface area (TPSA) is 47.6 Å². The van der Waals surface area contributed by atoms with Crippen LogP contribution in [0.3, 0.4) is 0 Å². The minimum Gasteiger partial charge on any atom is -0.457 e. The zero-order valence-electron chi connectivity index (χ0n) is 19.2. The summed E-state index contributed by atoms with van der Waals surface area (Å²) in [6, 6.07) is 7.31. The number of nitrogens with one attached hydrogen (secondary N) is 1. The Morgan fingerprint density at radius 1 is 1.03 bits per heavy atom. The third-order valence-corrected chi connectivity index (χ3v) is 10.5. The van der Waals surface area contributed by atoms with Crippen LogP contribution < -0.4 is 10.1 Å². The van der Waals surface area contributed by atoms with Gasteiger partial charge in [-0.2, -0.15) is 0 Å². The first-order valence-corrected chi connectivity index (χ1v) is 13.3. The molecule has 4 nitrogen and oxygen atoms in total. The molecule has 0 spiro atoms. The predicted octanol–water partition coefficient (Wildman–Crippen LogP) is 5.13. The summed E-state index contributed by atoms with van der Waals surface area (Å²) in [5, 5.41) is 3.81. The molecule has 1 aromatic carbocycles. The molecule has 3 atom stereocenters. The van der Waals surface area contributed by atoms with Crippen molar-refractivity contribution in [3.63, 3.8) is 0 Å². The molecule has 6 bridgehead atoms. The maximum Gasteiger partial charge on any atom is 0.314 e. The first kappa shape index (κ1) is 19.9. The van der Waals surface area contributed by atoms with Crippen LogP contribution in [0, 0.1) is 29.1 Å². The number of piperidine rings is 1. The molecular formula is C28H37NO3. The Balaban J connectivity index is 1.06. The molecule has 1 aromatic rings. The molecular weight excluding hydrogens is 398 g/mol. The van der Waals surface area contributed by atoms with E-state index in [1.807, 2.05) is 0 Å². The number of hydrogen-bond acceptors (Lipinski definition) is 4. The van der Waals surface area contributed by atoms with Crippen molar-refractivity contribution in [3.8, 4) is 5.75 Å². The van der Waals surface area contributed by atoms with Crippen molar-refractivity contribution >= 4 is 5.97 Å². The normalized spacial score (nSPS) is 43.3. The molecule has 1 N–H and O–H groups in total. The van der Waals surface area contributed by atoms with Crippen molar-refractivity contribution in [2.75, 3.05) is 13.3 Å². The van der Waals surface area contributed by atoms with E-state index in [4.69, 9.17) is 9.47 Å². The molecule has 0 radical (unpaired) electrons. The van der Waals surface area contributed by atoms with E-state index >= 15 is 0 Å². The molecule has 32 heavy (non-hydrogen) atoms. The maximum absolute atomic E-state index is 13.1. The Morgan fingerprint density at radius 2 is 1.81 bits per heavy atom. The summed E-state index contributed by atoms with van der Waals surface area (Å²) in [4.78, 5) is 13.1. The zero-order chi connectivity index (χ0) is 21.3. The van der Waals surface area contributed by atoms with Crippen LogP contribution in [0.5, 0.6) is 5.75 Å². The highest BCUT2D eigenvalue weighted by Gasteiger charge is 2.55. The summed E-state index contributed by atoms with van der Waals surface area (Å²) in [5.74, 6) is 3.92. The quantitative estimate of drug-likeness (QED) is 0.526. The molecule has 172 valence electrons. The summed E-state index contributed by atoms with van der Waals surface area (Å²) in [5.41, 5.74) is 3.16. The van der Waals surface area contributed by atoms with Gasteiger partial charge in [0.15, 0.2) is 0 Å². The molecule has 4 heteroatoms. The van der Waals surface area contributed by atoms with Crippen molar-refractivity contribution in [1.82, 2.24) is 5.32 Å². The smallest absolute Gasteiger partial charge is 0.314 e. The molecule has 1 heterocycles. The number of esters is 1. The number of hydrogen-bond donors (Lipinski definition) is 1. The molecule has 0 unspecified atom stereocenters. The standard InChI is InChI=1S/C28H37NO3/c30-26(27-14-18-9-19(15-27)11-20(10-18)16-27)32-17-31-22-5-4-21-12-25-23-3-1-2-6-28(23,7-8-29-25)24(21)13-22/h4-5,13,18-20,23,25,29H,1-3,6-12,14-17H2/t18?,19?,20?,23-,25+,27?,28-/m1/s1. The second-order valence-electron chi connectivity index (χ2n) is 12.2. The lowest BCUT2D eigenvalue weighted by atomic mass is 9.49. The van der Waals surface area contributed by atoms with Gasteiger partial charge in [0.1, 0.15) is 5.75 Å². The molecule has 1 saturated heterocycles. The van der Waals surface area contributed by atoms with Gasteiger partial charge in [-0.25, -0.2) is 0 Å². The summed E-state index contributed by atoms with van der Waals surface area (Å²) in [7, 11) is 0. The van der Waals surface area contributed by atoms with E-state index in [0.717, 1.165) is 61.6 Å². The highest BCUT2D eigenvalue weighted by molar-refractivity contribution is 5.77. The van der Waals surface area contributed by atoms with E-state index in [-0.39, 0.29) is 18.2 Å². The monoisotopic (exact) mass is 435 g/mol. The van der Waals surface area contributed by atoms with Crippen LogP contribution in [-0.4, -0.2) is 25.3 Å². The first-order chi connectivity index (χ1) is 15.6. The van der Waals surface area contributed by atoms with Crippen LogP contribution >= 0.6 is 0 Å². The van der Waals surface area contributed by atoms with Gasteiger partial charge in [0, 0.05) is 11.5 Å². The number of rotatable bonds is 4. The predicted molar refractivity (Wildman–Crippen MR) is 122 cm³/mol. The molecule has 6 fully saturated rings. The lowest BCUT2D eigenvalue weighted by Gasteiger charge is -2.56.